The van der Waals surface area contributed by atoms with Gasteiger partial charge in [-0.3, -0.25) is 9.69 Å². The zero-order valence-corrected chi connectivity index (χ0v) is 9.81. The van der Waals surface area contributed by atoms with E-state index in [1.54, 1.807) is 0 Å². The van der Waals surface area contributed by atoms with Gasteiger partial charge >= 0.3 is 0 Å². The summed E-state index contributed by atoms with van der Waals surface area (Å²) in [4.78, 5) is 13.6. The van der Waals surface area contributed by atoms with E-state index in [1.165, 1.54) is 0 Å². The molecule has 1 unspecified atom stereocenters. The van der Waals surface area contributed by atoms with Gasteiger partial charge in [-0.2, -0.15) is 0 Å². The van der Waals surface area contributed by atoms with Gasteiger partial charge in [0.1, 0.15) is 0 Å². The lowest BCUT2D eigenvalue weighted by molar-refractivity contribution is -0.117. The van der Waals surface area contributed by atoms with E-state index >= 15 is 0 Å². The average Bonchev–Trinajstić information content (AvgIpc) is 2.29. The molecule has 3 N–H and O–H groups in total. The summed E-state index contributed by atoms with van der Waals surface area (Å²) in [6.07, 6.45) is 0. The van der Waals surface area contributed by atoms with Crippen LogP contribution in [-0.4, -0.2) is 37.0 Å². The molecule has 0 aliphatic rings. The number of hydrogen-bond donors (Lipinski definition) is 2. The van der Waals surface area contributed by atoms with E-state index in [2.05, 4.69) is 5.32 Å². The first-order chi connectivity index (χ1) is 7.63. The summed E-state index contributed by atoms with van der Waals surface area (Å²) in [6, 6.07) is 9.64. The monoisotopic (exact) mass is 221 g/mol. The molecule has 1 rings (SSSR count). The second-order valence-corrected chi connectivity index (χ2v) is 3.91. The second-order valence-electron chi connectivity index (χ2n) is 3.91. The number of carbonyl (C=O) groups excluding carboxylic acids is 1. The Morgan fingerprint density at radius 2 is 2.06 bits per heavy atom. The number of nitrogens with two attached hydrogens (primary N) is 1. The number of likely N-dealkylation sites (N-methyl/N-ethyl adjacent to an activating group) is 1. The Labute approximate surface area is 96.4 Å². The minimum atomic E-state index is -0.0194. The molecule has 4 heteroatoms. The average molecular weight is 221 g/mol. The number of rotatable bonds is 5. The molecule has 1 amide bonds. The van der Waals surface area contributed by atoms with Crippen molar-refractivity contribution in [3.63, 3.8) is 0 Å². The van der Waals surface area contributed by atoms with Gasteiger partial charge in [0.25, 0.3) is 0 Å². The zero-order chi connectivity index (χ0) is 12.0. The van der Waals surface area contributed by atoms with Crippen molar-refractivity contribution in [2.75, 3.05) is 25.5 Å². The van der Waals surface area contributed by atoms with Crippen LogP contribution in [0.15, 0.2) is 30.3 Å². The van der Waals surface area contributed by atoms with Crippen molar-refractivity contribution in [2.24, 2.45) is 5.73 Å². The molecule has 1 atom stereocenters. The van der Waals surface area contributed by atoms with Gasteiger partial charge < -0.3 is 11.1 Å². The number of nitrogens with one attached hydrogen (secondary N) is 1. The molecule has 1 aromatic rings. The Morgan fingerprint density at radius 3 is 2.62 bits per heavy atom. The molecular formula is C12H19N3O. The van der Waals surface area contributed by atoms with Crippen molar-refractivity contribution in [1.82, 2.24) is 4.90 Å². The number of amides is 1. The first-order valence-corrected chi connectivity index (χ1v) is 5.38. The van der Waals surface area contributed by atoms with E-state index in [4.69, 9.17) is 5.73 Å². The van der Waals surface area contributed by atoms with Gasteiger partial charge in [-0.1, -0.05) is 18.2 Å². The fourth-order valence-corrected chi connectivity index (χ4v) is 1.28. The Kier molecular flexibility index (Phi) is 4.95. The van der Waals surface area contributed by atoms with Gasteiger partial charge in [-0.05, 0) is 26.1 Å². The van der Waals surface area contributed by atoms with Gasteiger partial charge in [-0.15, -0.1) is 0 Å². The predicted octanol–water partition coefficient (Wildman–Crippen LogP) is 0.904. The highest BCUT2D eigenvalue weighted by Gasteiger charge is 2.11. The predicted molar refractivity (Wildman–Crippen MR) is 66.2 cm³/mol. The first-order valence-electron chi connectivity index (χ1n) is 5.38. The highest BCUT2D eigenvalue weighted by Crippen LogP contribution is 2.05. The van der Waals surface area contributed by atoms with E-state index in [-0.39, 0.29) is 11.9 Å². The quantitative estimate of drug-likeness (QED) is 0.777. The highest BCUT2D eigenvalue weighted by atomic mass is 16.2. The number of nitrogens with zero attached hydrogens (tertiary/aromatic N) is 1. The van der Waals surface area contributed by atoms with E-state index in [1.807, 2.05) is 49.2 Å². The molecule has 0 heterocycles. The van der Waals surface area contributed by atoms with Crippen LogP contribution in [0, 0.1) is 0 Å². The fraction of sp³-hybridized carbons (Fsp3) is 0.417. The zero-order valence-electron chi connectivity index (χ0n) is 9.81. The van der Waals surface area contributed by atoms with Crippen molar-refractivity contribution in [3.8, 4) is 0 Å². The van der Waals surface area contributed by atoms with Crippen molar-refractivity contribution in [3.05, 3.63) is 30.3 Å². The van der Waals surface area contributed by atoms with Crippen molar-refractivity contribution in [1.29, 1.82) is 0 Å². The summed E-state index contributed by atoms with van der Waals surface area (Å²) in [7, 11) is 1.89. The van der Waals surface area contributed by atoms with Crippen LogP contribution in [0.5, 0.6) is 0 Å². The number of anilines is 1. The minimum absolute atomic E-state index is 0.0194. The van der Waals surface area contributed by atoms with Gasteiger partial charge in [0.2, 0.25) is 5.91 Å². The summed E-state index contributed by atoms with van der Waals surface area (Å²) in [6.45, 7) is 2.90. The summed E-state index contributed by atoms with van der Waals surface area (Å²) in [5.41, 5.74) is 6.35. The molecule has 0 spiro atoms. The SMILES string of the molecule is CC(CN)N(C)CC(=O)Nc1ccccc1. The second kappa shape index (κ2) is 6.25. The lowest BCUT2D eigenvalue weighted by Gasteiger charge is -2.22. The van der Waals surface area contributed by atoms with E-state index in [0.29, 0.717) is 13.1 Å². The summed E-state index contributed by atoms with van der Waals surface area (Å²) in [5.74, 6) is -0.0194. The number of carbonyl (C=O) groups is 1. The molecule has 88 valence electrons. The van der Waals surface area contributed by atoms with Crippen LogP contribution in [-0.2, 0) is 4.79 Å². The van der Waals surface area contributed by atoms with Crippen molar-refractivity contribution >= 4 is 11.6 Å². The van der Waals surface area contributed by atoms with Crippen LogP contribution in [0.2, 0.25) is 0 Å². The summed E-state index contributed by atoms with van der Waals surface area (Å²) < 4.78 is 0. The third-order valence-corrected chi connectivity index (χ3v) is 2.54. The Hall–Kier alpha value is -1.39. The molecule has 0 aliphatic heterocycles. The number of hydrogen-bond acceptors (Lipinski definition) is 3. The molecule has 0 saturated carbocycles. The highest BCUT2D eigenvalue weighted by molar-refractivity contribution is 5.92. The van der Waals surface area contributed by atoms with E-state index in [0.717, 1.165) is 5.69 Å². The van der Waals surface area contributed by atoms with Crippen LogP contribution in [0.1, 0.15) is 6.92 Å². The normalized spacial score (nSPS) is 12.5. The lowest BCUT2D eigenvalue weighted by atomic mass is 10.3. The van der Waals surface area contributed by atoms with Crippen molar-refractivity contribution < 1.29 is 4.79 Å². The molecule has 0 aromatic heterocycles. The van der Waals surface area contributed by atoms with Gasteiger partial charge in [0.05, 0.1) is 6.54 Å². The molecule has 16 heavy (non-hydrogen) atoms. The maximum atomic E-state index is 11.6. The smallest absolute Gasteiger partial charge is 0.238 e. The summed E-state index contributed by atoms with van der Waals surface area (Å²) >= 11 is 0. The van der Waals surface area contributed by atoms with Crippen LogP contribution in [0.25, 0.3) is 0 Å². The standard InChI is InChI=1S/C12H19N3O/c1-10(8-13)15(2)9-12(16)14-11-6-4-3-5-7-11/h3-7,10H,8-9,13H2,1-2H3,(H,14,16). The fourth-order valence-electron chi connectivity index (χ4n) is 1.28. The molecular weight excluding hydrogens is 202 g/mol. The molecule has 0 radical (unpaired) electrons. The Balaban J connectivity index is 2.42. The minimum Gasteiger partial charge on any atom is -0.329 e. The molecule has 0 fully saturated rings. The van der Waals surface area contributed by atoms with Crippen LogP contribution in [0.3, 0.4) is 0 Å². The molecule has 0 bridgehead atoms. The Bertz CT molecular complexity index is 326. The molecule has 1 aromatic carbocycles. The first kappa shape index (κ1) is 12.7. The van der Waals surface area contributed by atoms with Gasteiger partial charge in [-0.25, -0.2) is 0 Å². The molecule has 4 nitrogen and oxygen atoms in total. The maximum absolute atomic E-state index is 11.6. The summed E-state index contributed by atoms with van der Waals surface area (Å²) in [5, 5.41) is 2.83. The lowest BCUT2D eigenvalue weighted by Crippen LogP contribution is -2.40. The number of para-hydroxylation sites is 1. The van der Waals surface area contributed by atoms with E-state index in [9.17, 15) is 4.79 Å². The molecule has 0 saturated heterocycles. The van der Waals surface area contributed by atoms with E-state index < -0.39 is 0 Å². The number of benzene rings is 1. The molecule has 0 aliphatic carbocycles. The van der Waals surface area contributed by atoms with Crippen LogP contribution < -0.4 is 11.1 Å². The third-order valence-electron chi connectivity index (χ3n) is 2.54. The van der Waals surface area contributed by atoms with Gasteiger partial charge in [0, 0.05) is 18.3 Å². The maximum Gasteiger partial charge on any atom is 0.238 e. The van der Waals surface area contributed by atoms with Gasteiger partial charge in [0.15, 0.2) is 0 Å². The van der Waals surface area contributed by atoms with Crippen molar-refractivity contribution in [2.45, 2.75) is 13.0 Å². The van der Waals surface area contributed by atoms with Crippen LogP contribution in [0.4, 0.5) is 5.69 Å². The van der Waals surface area contributed by atoms with Crippen LogP contribution >= 0.6 is 0 Å². The topological polar surface area (TPSA) is 58.4 Å². The largest absolute Gasteiger partial charge is 0.329 e. The third kappa shape index (κ3) is 4.00. The Morgan fingerprint density at radius 1 is 1.44 bits per heavy atom.